The highest BCUT2D eigenvalue weighted by Gasteiger charge is 2.30. The van der Waals surface area contributed by atoms with Crippen molar-refractivity contribution >= 4 is 5.57 Å². The first-order valence-electron chi connectivity index (χ1n) is 14.3. The summed E-state index contributed by atoms with van der Waals surface area (Å²) < 4.78 is 49.6. The molecule has 0 aromatic heterocycles. The second-order valence-electron chi connectivity index (χ2n) is 11.4. The third-order valence-electron chi connectivity index (χ3n) is 9.04. The largest absolute Gasteiger partial charge is 0.368 e. The standard InChI is InChI=1S/C35H35F3O/c1-2-3-22-4-6-23(7-5-22)24-8-12-26(13-9-24)29-17-16-28(20-32(29)36)25-10-14-27(15-11-25)30-18-19-31(33-21-39-33)35(38)34(30)37/h2-3,10-12,14-20,22-24,33H,4-9,13,21H2,1H3/b3-2+. The van der Waals surface area contributed by atoms with Crippen molar-refractivity contribution in [1.29, 1.82) is 0 Å². The Morgan fingerprint density at radius 2 is 1.44 bits per heavy atom. The van der Waals surface area contributed by atoms with Crippen LogP contribution in [0.3, 0.4) is 0 Å². The van der Waals surface area contributed by atoms with Crippen molar-refractivity contribution < 1.29 is 17.9 Å². The Bertz CT molecular complexity index is 1390. The molecule has 1 saturated carbocycles. The Kier molecular flexibility index (Phi) is 7.49. The molecule has 6 rings (SSSR count). The van der Waals surface area contributed by atoms with E-state index in [1.807, 2.05) is 24.3 Å². The van der Waals surface area contributed by atoms with Crippen LogP contribution in [0.2, 0.25) is 0 Å². The molecule has 0 N–H and O–H groups in total. The van der Waals surface area contributed by atoms with Crippen LogP contribution in [0, 0.1) is 35.2 Å². The fourth-order valence-corrected chi connectivity index (χ4v) is 6.67. The van der Waals surface area contributed by atoms with Gasteiger partial charge in [-0.25, -0.2) is 13.2 Å². The quantitative estimate of drug-likeness (QED) is 0.229. The Balaban J connectivity index is 1.13. The molecule has 2 fully saturated rings. The van der Waals surface area contributed by atoms with Crippen LogP contribution in [0.1, 0.15) is 69.1 Å². The van der Waals surface area contributed by atoms with Crippen molar-refractivity contribution in [2.75, 3.05) is 6.61 Å². The summed E-state index contributed by atoms with van der Waals surface area (Å²) in [6.45, 7) is 2.54. The monoisotopic (exact) mass is 528 g/mol. The van der Waals surface area contributed by atoms with Crippen molar-refractivity contribution in [3.63, 3.8) is 0 Å². The Morgan fingerprint density at radius 3 is 2.08 bits per heavy atom. The number of epoxide rings is 1. The molecule has 2 aliphatic carbocycles. The normalized spacial score (nSPS) is 25.1. The van der Waals surface area contributed by atoms with Crippen LogP contribution < -0.4 is 0 Å². The van der Waals surface area contributed by atoms with E-state index in [0.717, 1.165) is 53.7 Å². The minimum Gasteiger partial charge on any atom is -0.368 e. The van der Waals surface area contributed by atoms with Crippen LogP contribution in [0.5, 0.6) is 0 Å². The predicted octanol–water partition coefficient (Wildman–Crippen LogP) is 10.1. The van der Waals surface area contributed by atoms with Crippen LogP contribution >= 0.6 is 0 Å². The van der Waals surface area contributed by atoms with Gasteiger partial charge in [0.25, 0.3) is 0 Å². The molecule has 3 aromatic carbocycles. The molecular weight excluding hydrogens is 493 g/mol. The second-order valence-corrected chi connectivity index (χ2v) is 11.4. The predicted molar refractivity (Wildman–Crippen MR) is 151 cm³/mol. The van der Waals surface area contributed by atoms with Gasteiger partial charge in [0.1, 0.15) is 11.9 Å². The van der Waals surface area contributed by atoms with E-state index in [2.05, 4.69) is 25.2 Å². The SMILES string of the molecule is C/C=C/C1CCC(C2CC=C(c3ccc(-c4ccc(-c5ccc(C6CO6)c(F)c5F)cc4)cc3F)CC2)CC1. The lowest BCUT2D eigenvalue weighted by Crippen LogP contribution is -2.22. The van der Waals surface area contributed by atoms with Gasteiger partial charge in [-0.1, -0.05) is 66.8 Å². The first-order chi connectivity index (χ1) is 19.0. The van der Waals surface area contributed by atoms with E-state index in [4.69, 9.17) is 4.74 Å². The number of ether oxygens (including phenoxy) is 1. The van der Waals surface area contributed by atoms with Gasteiger partial charge in [-0.15, -0.1) is 0 Å². The molecule has 1 nitrogen and oxygen atoms in total. The molecule has 0 amide bonds. The number of halogens is 3. The molecule has 2 unspecified atom stereocenters. The third kappa shape index (κ3) is 5.49. The van der Waals surface area contributed by atoms with Crippen LogP contribution in [0.25, 0.3) is 27.8 Å². The molecule has 1 aliphatic heterocycles. The number of allylic oxidation sites excluding steroid dienone is 4. The molecule has 4 heteroatoms. The number of benzene rings is 3. The molecular formula is C35H35F3O. The highest BCUT2D eigenvalue weighted by Crippen LogP contribution is 2.42. The summed E-state index contributed by atoms with van der Waals surface area (Å²) in [5, 5.41) is 0. The highest BCUT2D eigenvalue weighted by molar-refractivity contribution is 5.74. The van der Waals surface area contributed by atoms with Gasteiger partial charge in [0.05, 0.1) is 6.61 Å². The zero-order chi connectivity index (χ0) is 26.9. The van der Waals surface area contributed by atoms with E-state index in [-0.39, 0.29) is 23.0 Å². The maximum atomic E-state index is 15.3. The summed E-state index contributed by atoms with van der Waals surface area (Å²) in [5.41, 5.74) is 4.46. The van der Waals surface area contributed by atoms with Crippen LogP contribution in [-0.2, 0) is 4.74 Å². The maximum Gasteiger partial charge on any atom is 0.167 e. The maximum absolute atomic E-state index is 15.3. The fourth-order valence-electron chi connectivity index (χ4n) is 6.67. The highest BCUT2D eigenvalue weighted by atomic mass is 19.2. The van der Waals surface area contributed by atoms with Crippen molar-refractivity contribution in [1.82, 2.24) is 0 Å². The smallest absolute Gasteiger partial charge is 0.167 e. The molecule has 3 aliphatic rings. The molecule has 0 spiro atoms. The first kappa shape index (κ1) is 26.1. The lowest BCUT2D eigenvalue weighted by atomic mass is 9.71. The topological polar surface area (TPSA) is 12.5 Å². The lowest BCUT2D eigenvalue weighted by molar-refractivity contribution is 0.212. The van der Waals surface area contributed by atoms with Gasteiger partial charge >= 0.3 is 0 Å². The van der Waals surface area contributed by atoms with Crippen LogP contribution in [0.4, 0.5) is 13.2 Å². The molecule has 3 aromatic rings. The number of hydrogen-bond acceptors (Lipinski definition) is 1. The van der Waals surface area contributed by atoms with Crippen molar-refractivity contribution in [2.45, 2.75) is 58.0 Å². The minimum atomic E-state index is -0.865. The van der Waals surface area contributed by atoms with Crippen molar-refractivity contribution in [2.24, 2.45) is 17.8 Å². The number of rotatable bonds is 6. The summed E-state index contributed by atoms with van der Waals surface area (Å²) in [6, 6.07) is 15.8. The van der Waals surface area contributed by atoms with Gasteiger partial charge in [0.2, 0.25) is 0 Å². The number of hydrogen-bond donors (Lipinski definition) is 0. The molecule has 202 valence electrons. The van der Waals surface area contributed by atoms with Crippen LogP contribution in [-0.4, -0.2) is 6.61 Å². The summed E-state index contributed by atoms with van der Waals surface area (Å²) in [5.74, 6) is 0.349. The van der Waals surface area contributed by atoms with Crippen LogP contribution in [0.15, 0.2) is 72.8 Å². The fraction of sp³-hybridized carbons (Fsp3) is 0.371. The molecule has 39 heavy (non-hydrogen) atoms. The van der Waals surface area contributed by atoms with Gasteiger partial charge in [0.15, 0.2) is 11.6 Å². The Hall–Kier alpha value is -3.11. The molecule has 2 atom stereocenters. The average Bonchev–Trinajstić information content (AvgIpc) is 3.81. The Morgan fingerprint density at radius 1 is 0.744 bits per heavy atom. The van der Waals surface area contributed by atoms with Crippen molar-refractivity contribution in [3.05, 3.63) is 101 Å². The van der Waals surface area contributed by atoms with Gasteiger partial charge in [0, 0.05) is 16.7 Å². The molecule has 1 heterocycles. The summed E-state index contributed by atoms with van der Waals surface area (Å²) >= 11 is 0. The second kappa shape index (κ2) is 11.2. The van der Waals surface area contributed by atoms with Gasteiger partial charge in [-0.2, -0.15) is 0 Å². The van der Waals surface area contributed by atoms with E-state index in [1.165, 1.54) is 25.7 Å². The first-order valence-corrected chi connectivity index (χ1v) is 14.3. The molecule has 0 radical (unpaired) electrons. The van der Waals surface area contributed by atoms with Crippen molar-refractivity contribution in [3.8, 4) is 22.3 Å². The van der Waals surface area contributed by atoms with Gasteiger partial charge < -0.3 is 4.74 Å². The summed E-state index contributed by atoms with van der Waals surface area (Å²) in [6.07, 6.45) is 14.8. The lowest BCUT2D eigenvalue weighted by Gasteiger charge is -2.35. The average molecular weight is 529 g/mol. The van der Waals surface area contributed by atoms with E-state index in [9.17, 15) is 8.78 Å². The van der Waals surface area contributed by atoms with E-state index >= 15 is 4.39 Å². The summed E-state index contributed by atoms with van der Waals surface area (Å²) in [7, 11) is 0. The van der Waals surface area contributed by atoms with E-state index in [0.29, 0.717) is 17.7 Å². The van der Waals surface area contributed by atoms with E-state index in [1.54, 1.807) is 30.3 Å². The zero-order valence-electron chi connectivity index (χ0n) is 22.4. The third-order valence-corrected chi connectivity index (χ3v) is 9.04. The minimum absolute atomic E-state index is 0.207. The van der Waals surface area contributed by atoms with Gasteiger partial charge in [-0.05, 0) is 98.0 Å². The van der Waals surface area contributed by atoms with Gasteiger partial charge in [-0.3, -0.25) is 0 Å². The molecule has 0 bridgehead atoms. The summed E-state index contributed by atoms with van der Waals surface area (Å²) in [4.78, 5) is 0. The zero-order valence-corrected chi connectivity index (χ0v) is 22.4. The molecule has 1 saturated heterocycles. The van der Waals surface area contributed by atoms with E-state index < -0.39 is 11.6 Å². The Labute approximate surface area is 229 Å².